The first-order valence-electron chi connectivity index (χ1n) is 3.98. The van der Waals surface area contributed by atoms with E-state index < -0.39 is 0 Å². The molecule has 1 unspecified atom stereocenters. The number of methoxy groups -OCH3 is 1. The molecule has 1 atom stereocenters. The first kappa shape index (κ1) is 10.9. The Bertz CT molecular complexity index is 250. The van der Waals surface area contributed by atoms with Gasteiger partial charge in [0.25, 0.3) is 0 Å². The second kappa shape index (κ2) is 5.54. The van der Waals surface area contributed by atoms with E-state index in [1.54, 1.807) is 7.11 Å². The molecule has 0 aliphatic heterocycles. The van der Waals surface area contributed by atoms with Crippen molar-refractivity contribution < 1.29 is 4.74 Å². The number of nitrogens with one attached hydrogen (secondary N) is 1. The second-order valence-electron chi connectivity index (χ2n) is 2.73. The summed E-state index contributed by atoms with van der Waals surface area (Å²) in [6, 6.07) is 8.27. The third kappa shape index (κ3) is 3.22. The molecule has 0 radical (unpaired) electrons. The predicted molar refractivity (Wildman–Crippen MR) is 61.1 cm³/mol. The standard InChI is InChI=1S/C9H13IN2O/c1-13-6-9(12-11)7-2-4-8(10)5-3-7/h2-5,9,12H,6,11H2,1H3. The molecule has 0 bridgehead atoms. The van der Waals surface area contributed by atoms with Crippen LogP contribution in [0, 0.1) is 3.57 Å². The SMILES string of the molecule is COCC(NN)c1ccc(I)cc1. The molecule has 0 fully saturated rings. The van der Waals surface area contributed by atoms with Gasteiger partial charge in [-0.2, -0.15) is 0 Å². The maximum absolute atomic E-state index is 5.40. The Labute approximate surface area is 91.8 Å². The van der Waals surface area contributed by atoms with Gasteiger partial charge in [0, 0.05) is 10.7 Å². The maximum Gasteiger partial charge on any atom is 0.0693 e. The number of hydrogen-bond donors (Lipinski definition) is 2. The van der Waals surface area contributed by atoms with Crippen LogP contribution in [-0.4, -0.2) is 13.7 Å². The number of ether oxygens (including phenoxy) is 1. The van der Waals surface area contributed by atoms with Crippen LogP contribution in [0.25, 0.3) is 0 Å². The summed E-state index contributed by atoms with van der Waals surface area (Å²) < 4.78 is 6.25. The maximum atomic E-state index is 5.40. The van der Waals surface area contributed by atoms with Crippen LogP contribution in [0.15, 0.2) is 24.3 Å². The average molecular weight is 292 g/mol. The molecular formula is C9H13IN2O. The number of benzene rings is 1. The van der Waals surface area contributed by atoms with Crippen LogP contribution >= 0.6 is 22.6 Å². The quantitative estimate of drug-likeness (QED) is 0.501. The lowest BCUT2D eigenvalue weighted by atomic mass is 10.1. The minimum atomic E-state index is 0.0713. The topological polar surface area (TPSA) is 47.3 Å². The van der Waals surface area contributed by atoms with E-state index in [2.05, 4.69) is 40.1 Å². The second-order valence-corrected chi connectivity index (χ2v) is 3.97. The van der Waals surface area contributed by atoms with E-state index in [1.807, 2.05) is 12.1 Å². The van der Waals surface area contributed by atoms with Gasteiger partial charge in [-0.25, -0.2) is 0 Å². The summed E-state index contributed by atoms with van der Waals surface area (Å²) in [6.45, 7) is 0.580. The molecule has 0 aromatic heterocycles. The molecule has 0 saturated carbocycles. The molecule has 0 aliphatic rings. The lowest BCUT2D eigenvalue weighted by molar-refractivity contribution is 0.167. The van der Waals surface area contributed by atoms with E-state index in [1.165, 1.54) is 3.57 Å². The highest BCUT2D eigenvalue weighted by molar-refractivity contribution is 14.1. The van der Waals surface area contributed by atoms with Crippen LogP contribution < -0.4 is 11.3 Å². The van der Waals surface area contributed by atoms with Crippen LogP contribution in [0.5, 0.6) is 0 Å². The molecular weight excluding hydrogens is 279 g/mol. The zero-order valence-electron chi connectivity index (χ0n) is 7.46. The van der Waals surface area contributed by atoms with Gasteiger partial charge in [0.15, 0.2) is 0 Å². The van der Waals surface area contributed by atoms with Gasteiger partial charge < -0.3 is 4.74 Å². The van der Waals surface area contributed by atoms with Crippen LogP contribution in [0.2, 0.25) is 0 Å². The molecule has 1 aromatic rings. The first-order chi connectivity index (χ1) is 6.27. The van der Waals surface area contributed by atoms with Gasteiger partial charge in [0.2, 0.25) is 0 Å². The fourth-order valence-electron chi connectivity index (χ4n) is 1.10. The Morgan fingerprint density at radius 3 is 2.54 bits per heavy atom. The lowest BCUT2D eigenvalue weighted by Crippen LogP contribution is -2.31. The zero-order valence-corrected chi connectivity index (χ0v) is 9.61. The molecule has 72 valence electrons. The van der Waals surface area contributed by atoms with E-state index in [0.29, 0.717) is 6.61 Å². The molecule has 3 N–H and O–H groups in total. The van der Waals surface area contributed by atoms with Crippen LogP contribution in [0.4, 0.5) is 0 Å². The highest BCUT2D eigenvalue weighted by atomic mass is 127. The smallest absolute Gasteiger partial charge is 0.0693 e. The predicted octanol–water partition coefficient (Wildman–Crippen LogP) is 1.44. The summed E-state index contributed by atoms with van der Waals surface area (Å²) in [5.74, 6) is 5.40. The summed E-state index contributed by atoms with van der Waals surface area (Å²) in [7, 11) is 1.66. The minimum Gasteiger partial charge on any atom is -0.383 e. The summed E-state index contributed by atoms with van der Waals surface area (Å²) >= 11 is 2.27. The van der Waals surface area contributed by atoms with Crippen molar-refractivity contribution in [1.82, 2.24) is 5.43 Å². The Hall–Kier alpha value is -0.170. The first-order valence-corrected chi connectivity index (χ1v) is 5.06. The third-order valence-electron chi connectivity index (χ3n) is 1.81. The lowest BCUT2D eigenvalue weighted by Gasteiger charge is -2.14. The number of rotatable bonds is 4. The zero-order chi connectivity index (χ0) is 9.68. The van der Waals surface area contributed by atoms with Crippen molar-refractivity contribution in [3.8, 4) is 0 Å². The van der Waals surface area contributed by atoms with Crippen molar-refractivity contribution in [2.45, 2.75) is 6.04 Å². The van der Waals surface area contributed by atoms with Crippen molar-refractivity contribution in [3.05, 3.63) is 33.4 Å². The monoisotopic (exact) mass is 292 g/mol. The summed E-state index contributed by atoms with van der Waals surface area (Å²) in [4.78, 5) is 0. The van der Waals surface area contributed by atoms with Crippen molar-refractivity contribution in [2.24, 2.45) is 5.84 Å². The Morgan fingerprint density at radius 2 is 2.08 bits per heavy atom. The highest BCUT2D eigenvalue weighted by Crippen LogP contribution is 2.14. The molecule has 1 aromatic carbocycles. The largest absolute Gasteiger partial charge is 0.383 e. The number of hydrazine groups is 1. The molecule has 0 heterocycles. The van der Waals surface area contributed by atoms with E-state index >= 15 is 0 Å². The molecule has 0 saturated heterocycles. The van der Waals surface area contributed by atoms with E-state index in [-0.39, 0.29) is 6.04 Å². The van der Waals surface area contributed by atoms with E-state index in [9.17, 15) is 0 Å². The normalized spacial score (nSPS) is 12.8. The molecule has 0 aliphatic carbocycles. The van der Waals surface area contributed by atoms with Gasteiger partial charge in [-0.05, 0) is 40.3 Å². The molecule has 0 amide bonds. The number of nitrogens with two attached hydrogens (primary N) is 1. The van der Waals surface area contributed by atoms with E-state index in [4.69, 9.17) is 10.6 Å². The number of halogens is 1. The van der Waals surface area contributed by atoms with Gasteiger partial charge >= 0.3 is 0 Å². The Balaban J connectivity index is 2.73. The Kier molecular flexibility index (Phi) is 4.65. The highest BCUT2D eigenvalue weighted by Gasteiger charge is 2.07. The van der Waals surface area contributed by atoms with Crippen molar-refractivity contribution >= 4 is 22.6 Å². The fourth-order valence-corrected chi connectivity index (χ4v) is 1.46. The molecule has 3 nitrogen and oxygen atoms in total. The molecule has 13 heavy (non-hydrogen) atoms. The summed E-state index contributed by atoms with van der Waals surface area (Å²) in [5.41, 5.74) is 3.85. The molecule has 0 spiro atoms. The van der Waals surface area contributed by atoms with Crippen LogP contribution in [0.3, 0.4) is 0 Å². The summed E-state index contributed by atoms with van der Waals surface area (Å²) in [5, 5.41) is 0. The summed E-state index contributed by atoms with van der Waals surface area (Å²) in [6.07, 6.45) is 0. The van der Waals surface area contributed by atoms with E-state index in [0.717, 1.165) is 5.56 Å². The Morgan fingerprint density at radius 1 is 1.46 bits per heavy atom. The average Bonchev–Trinajstić information content (AvgIpc) is 2.16. The van der Waals surface area contributed by atoms with Crippen LogP contribution in [0.1, 0.15) is 11.6 Å². The van der Waals surface area contributed by atoms with Crippen LogP contribution in [-0.2, 0) is 4.74 Å². The number of hydrogen-bond acceptors (Lipinski definition) is 3. The van der Waals surface area contributed by atoms with Gasteiger partial charge in [0.1, 0.15) is 0 Å². The van der Waals surface area contributed by atoms with Crippen molar-refractivity contribution in [2.75, 3.05) is 13.7 Å². The van der Waals surface area contributed by atoms with Gasteiger partial charge in [-0.3, -0.25) is 11.3 Å². The van der Waals surface area contributed by atoms with Crippen molar-refractivity contribution in [1.29, 1.82) is 0 Å². The fraction of sp³-hybridized carbons (Fsp3) is 0.333. The molecule has 4 heteroatoms. The van der Waals surface area contributed by atoms with Gasteiger partial charge in [0.05, 0.1) is 12.6 Å². The third-order valence-corrected chi connectivity index (χ3v) is 2.53. The van der Waals surface area contributed by atoms with Gasteiger partial charge in [-0.1, -0.05) is 12.1 Å². The van der Waals surface area contributed by atoms with Gasteiger partial charge in [-0.15, -0.1) is 0 Å². The minimum absolute atomic E-state index is 0.0713. The van der Waals surface area contributed by atoms with Crippen molar-refractivity contribution in [3.63, 3.8) is 0 Å². The molecule has 1 rings (SSSR count).